The molecule has 10 heteroatoms. The number of anilines is 1. The molecule has 0 radical (unpaired) electrons. The number of methoxy groups -OCH3 is 1. The Hall–Kier alpha value is -1.88. The average Bonchev–Trinajstić information content (AvgIpc) is 3.40. The fourth-order valence-corrected chi connectivity index (χ4v) is 6.42. The van der Waals surface area contributed by atoms with Gasteiger partial charge in [-0.3, -0.25) is 0 Å². The van der Waals surface area contributed by atoms with Crippen LogP contribution in [0.1, 0.15) is 56.0 Å². The molecule has 1 spiro atoms. The van der Waals surface area contributed by atoms with Gasteiger partial charge in [-0.1, -0.05) is 6.07 Å². The third-order valence-electron chi connectivity index (χ3n) is 7.76. The van der Waals surface area contributed by atoms with Crippen LogP contribution < -0.4 is 14.8 Å². The molecule has 3 aromatic rings. The quantitative estimate of drug-likeness (QED) is 0.483. The van der Waals surface area contributed by atoms with Crippen molar-refractivity contribution in [3.63, 3.8) is 0 Å². The molecule has 0 bridgehead atoms. The van der Waals surface area contributed by atoms with Gasteiger partial charge in [0.05, 0.1) is 19.0 Å². The largest absolute Gasteiger partial charge is 0.598 e. The first-order chi connectivity index (χ1) is 16.1. The van der Waals surface area contributed by atoms with Crippen molar-refractivity contribution in [2.45, 2.75) is 57.1 Å². The summed E-state index contributed by atoms with van der Waals surface area (Å²) >= 11 is 2.20. The molecular weight excluding hydrogens is 516 g/mol. The Labute approximate surface area is 211 Å². The second-order valence-corrected chi connectivity index (χ2v) is 12.6. The van der Waals surface area contributed by atoms with Crippen molar-refractivity contribution in [1.82, 2.24) is 19.6 Å². The number of aromatic nitrogens is 4. The Morgan fingerprint density at radius 1 is 1.26 bits per heavy atom. The fourth-order valence-electron chi connectivity index (χ4n) is 5.72. The minimum absolute atomic E-state index is 0.0514. The number of nitrogens with two attached hydrogens (primary N) is 1. The summed E-state index contributed by atoms with van der Waals surface area (Å²) in [5.41, 5.74) is 4.33. The van der Waals surface area contributed by atoms with E-state index in [0.717, 1.165) is 66.1 Å². The smallest absolute Gasteiger partial charge is 0.213 e. The molecule has 182 valence electrons. The van der Waals surface area contributed by atoms with Crippen LogP contribution in [0.3, 0.4) is 0 Å². The van der Waals surface area contributed by atoms with E-state index in [4.69, 9.17) is 19.8 Å². The molecule has 0 saturated carbocycles. The lowest BCUT2D eigenvalue weighted by atomic mass is 9.67. The molecule has 0 aromatic carbocycles. The van der Waals surface area contributed by atoms with E-state index in [-0.39, 0.29) is 11.3 Å². The van der Waals surface area contributed by atoms with Crippen LogP contribution in [0.15, 0.2) is 29.0 Å². The van der Waals surface area contributed by atoms with Gasteiger partial charge in [0.15, 0.2) is 5.82 Å². The van der Waals surface area contributed by atoms with Crippen molar-refractivity contribution in [1.29, 1.82) is 0 Å². The summed E-state index contributed by atoms with van der Waals surface area (Å²) in [4.78, 5) is 12.1. The van der Waals surface area contributed by atoms with Crippen molar-refractivity contribution < 1.29 is 9.29 Å². The van der Waals surface area contributed by atoms with Gasteiger partial charge in [-0.2, -0.15) is 10.2 Å². The lowest BCUT2D eigenvalue weighted by Gasteiger charge is -2.45. The Balaban J connectivity index is 1.47. The van der Waals surface area contributed by atoms with Gasteiger partial charge in [0.1, 0.15) is 14.9 Å². The van der Waals surface area contributed by atoms with Crippen LogP contribution in [0.25, 0.3) is 5.52 Å². The Morgan fingerprint density at radius 2 is 2.00 bits per heavy atom. The first-order valence-corrected chi connectivity index (χ1v) is 13.6. The predicted octanol–water partition coefficient (Wildman–Crippen LogP) is 3.92. The van der Waals surface area contributed by atoms with Crippen molar-refractivity contribution in [3.8, 4) is 5.88 Å². The summed E-state index contributed by atoms with van der Waals surface area (Å²) in [5, 5.41) is 10.4. The Morgan fingerprint density at radius 3 is 2.68 bits per heavy atom. The molecule has 4 heterocycles. The van der Waals surface area contributed by atoms with Crippen molar-refractivity contribution in [2.24, 2.45) is 10.6 Å². The van der Waals surface area contributed by atoms with Crippen LogP contribution >= 0.6 is 15.9 Å². The van der Waals surface area contributed by atoms with Crippen LogP contribution in [0.4, 0.5) is 5.82 Å². The van der Waals surface area contributed by atoms with Crippen LogP contribution in [-0.4, -0.2) is 49.1 Å². The van der Waals surface area contributed by atoms with E-state index in [1.807, 2.05) is 43.6 Å². The minimum Gasteiger partial charge on any atom is -0.598 e. The molecule has 2 unspecified atom stereocenters. The number of aryl methyl sites for hydroxylation is 1. The van der Waals surface area contributed by atoms with Gasteiger partial charge in [0, 0.05) is 42.6 Å². The van der Waals surface area contributed by atoms with Crippen molar-refractivity contribution >= 4 is 38.6 Å². The fraction of sp³-hybridized carbons (Fsp3) is 0.542. The highest BCUT2D eigenvalue weighted by molar-refractivity contribution is 9.10. The van der Waals surface area contributed by atoms with E-state index in [1.54, 1.807) is 7.11 Å². The number of piperidine rings is 1. The molecule has 1 saturated heterocycles. The van der Waals surface area contributed by atoms with E-state index in [9.17, 15) is 4.55 Å². The number of hydrogen-bond acceptors (Lipinski definition) is 7. The normalized spacial score (nSPS) is 20.7. The third-order valence-corrected chi connectivity index (χ3v) is 9.92. The molecule has 2 N–H and O–H groups in total. The van der Waals surface area contributed by atoms with Gasteiger partial charge in [0.25, 0.3) is 0 Å². The lowest BCUT2D eigenvalue weighted by Crippen LogP contribution is -2.46. The van der Waals surface area contributed by atoms with Gasteiger partial charge < -0.3 is 14.2 Å². The summed E-state index contributed by atoms with van der Waals surface area (Å²) < 4.78 is 20.1. The van der Waals surface area contributed by atoms with Gasteiger partial charge in [-0.25, -0.2) is 14.5 Å². The first-order valence-electron chi connectivity index (χ1n) is 11.6. The molecule has 5 rings (SSSR count). The topological polar surface area (TPSA) is 105 Å². The summed E-state index contributed by atoms with van der Waals surface area (Å²) in [6.45, 7) is 7.79. The van der Waals surface area contributed by atoms with E-state index in [0.29, 0.717) is 5.88 Å². The molecule has 8 nitrogen and oxygen atoms in total. The van der Waals surface area contributed by atoms with E-state index >= 15 is 0 Å². The number of pyridine rings is 1. The van der Waals surface area contributed by atoms with Crippen LogP contribution in [0, 0.1) is 12.3 Å². The minimum atomic E-state index is -1.41. The second-order valence-electron chi connectivity index (χ2n) is 10.2. The molecule has 34 heavy (non-hydrogen) atoms. The number of fused-ring (bicyclic) bond motifs is 2. The maximum atomic E-state index is 12.4. The SMILES string of the molecule is COc1ccc2c(n1)CC1(CCN(c3nc(C)c(Br)n4nccc34)CC1)C2CC(C)(C)[S+](N)[O-]. The Kier molecular flexibility index (Phi) is 6.07. The van der Waals surface area contributed by atoms with Crippen molar-refractivity contribution in [3.05, 3.63) is 46.0 Å². The van der Waals surface area contributed by atoms with Gasteiger partial charge in [-0.15, -0.1) is 0 Å². The average molecular weight is 548 g/mol. The zero-order valence-electron chi connectivity index (χ0n) is 20.0. The Bertz CT molecular complexity index is 1220. The molecular formula is C24H31BrN6O2S. The number of ether oxygens (including phenoxy) is 1. The molecule has 2 aliphatic rings. The molecule has 1 aliphatic heterocycles. The van der Waals surface area contributed by atoms with Crippen LogP contribution in [0.2, 0.25) is 0 Å². The zero-order chi connectivity index (χ0) is 24.3. The lowest BCUT2D eigenvalue weighted by molar-refractivity contribution is 0.169. The van der Waals surface area contributed by atoms with Crippen LogP contribution in [-0.2, 0) is 17.8 Å². The van der Waals surface area contributed by atoms with Gasteiger partial charge >= 0.3 is 0 Å². The van der Waals surface area contributed by atoms with Crippen LogP contribution in [0.5, 0.6) is 5.88 Å². The molecule has 3 aromatic heterocycles. The third kappa shape index (κ3) is 3.88. The number of hydrogen-bond donors (Lipinski definition) is 1. The first kappa shape index (κ1) is 23.8. The standard InChI is InChI=1S/C24H31BrN6O2S/c1-15-21(25)31-19(7-10-27-31)22(28-15)30-11-8-24(9-12-30)14-18-16(5-6-20(29-18)33-4)17(24)13-23(2,3)34(26)32/h5-7,10,17H,8-9,11-14,26H2,1-4H3. The van der Waals surface area contributed by atoms with E-state index < -0.39 is 16.1 Å². The monoisotopic (exact) mass is 546 g/mol. The highest BCUT2D eigenvalue weighted by Gasteiger charge is 2.51. The predicted molar refractivity (Wildman–Crippen MR) is 138 cm³/mol. The maximum Gasteiger partial charge on any atom is 0.213 e. The summed E-state index contributed by atoms with van der Waals surface area (Å²) in [6, 6.07) is 6.11. The van der Waals surface area contributed by atoms with Gasteiger partial charge in [-0.05, 0) is 78.9 Å². The number of halogens is 1. The zero-order valence-corrected chi connectivity index (χ0v) is 22.4. The second kappa shape index (κ2) is 8.65. The van der Waals surface area contributed by atoms with E-state index in [1.165, 1.54) is 5.56 Å². The molecule has 0 amide bonds. The summed E-state index contributed by atoms with van der Waals surface area (Å²) in [5.74, 6) is 1.87. The highest BCUT2D eigenvalue weighted by Crippen LogP contribution is 2.56. The molecule has 2 atom stereocenters. The maximum absolute atomic E-state index is 12.4. The summed E-state index contributed by atoms with van der Waals surface area (Å²) in [7, 11) is 1.65. The highest BCUT2D eigenvalue weighted by atomic mass is 79.9. The van der Waals surface area contributed by atoms with Crippen molar-refractivity contribution in [2.75, 3.05) is 25.1 Å². The number of rotatable bonds is 5. The van der Waals surface area contributed by atoms with Gasteiger partial charge in [0.2, 0.25) is 5.88 Å². The summed E-state index contributed by atoms with van der Waals surface area (Å²) in [6.07, 6.45) is 5.48. The molecule has 1 fully saturated rings. The number of nitrogens with zero attached hydrogens (tertiary/aromatic N) is 5. The molecule has 1 aliphatic carbocycles. The van der Waals surface area contributed by atoms with E-state index in [2.05, 4.69) is 32.0 Å².